The van der Waals surface area contributed by atoms with Crippen LogP contribution < -0.4 is 10.6 Å². The molecule has 0 atom stereocenters. The zero-order valence-corrected chi connectivity index (χ0v) is 8.69. The first kappa shape index (κ1) is 10.9. The van der Waals surface area contributed by atoms with Crippen LogP contribution in [-0.4, -0.2) is 29.2 Å². The van der Waals surface area contributed by atoms with Gasteiger partial charge >= 0.3 is 0 Å². The maximum Gasteiger partial charge on any atom is 0.245 e. The highest BCUT2D eigenvalue weighted by Crippen LogP contribution is 2.09. The van der Waals surface area contributed by atoms with Crippen LogP contribution in [0.25, 0.3) is 0 Å². The fraction of sp³-hybridized carbons (Fsp3) is 0.286. The molecule has 14 heavy (non-hydrogen) atoms. The van der Waals surface area contributed by atoms with Crippen LogP contribution in [0, 0.1) is 0 Å². The molecule has 0 bridgehead atoms. The van der Waals surface area contributed by atoms with E-state index in [0.29, 0.717) is 5.13 Å². The summed E-state index contributed by atoms with van der Waals surface area (Å²) in [6.07, 6.45) is 1.58. The smallest absolute Gasteiger partial charge is 0.245 e. The lowest BCUT2D eigenvalue weighted by molar-refractivity contribution is -0.122. The van der Waals surface area contributed by atoms with Crippen molar-refractivity contribution in [1.82, 2.24) is 10.3 Å². The molecule has 0 unspecified atom stereocenters. The van der Waals surface area contributed by atoms with Crippen molar-refractivity contribution in [1.29, 1.82) is 0 Å². The van der Waals surface area contributed by atoms with Gasteiger partial charge in [-0.25, -0.2) is 4.98 Å². The number of alkyl halides is 1. The number of amides is 2. The number of nitrogens with one attached hydrogen (secondary N) is 2. The van der Waals surface area contributed by atoms with Crippen molar-refractivity contribution in [3.63, 3.8) is 0 Å². The number of carbonyl (C=O) groups excluding carboxylic acids is 2. The van der Waals surface area contributed by atoms with E-state index in [4.69, 9.17) is 11.6 Å². The summed E-state index contributed by atoms with van der Waals surface area (Å²) < 4.78 is 0. The summed E-state index contributed by atoms with van der Waals surface area (Å²) >= 11 is 6.53. The van der Waals surface area contributed by atoms with Gasteiger partial charge in [-0.1, -0.05) is 0 Å². The molecule has 0 aliphatic heterocycles. The molecule has 1 aromatic heterocycles. The van der Waals surface area contributed by atoms with E-state index >= 15 is 0 Å². The van der Waals surface area contributed by atoms with Crippen molar-refractivity contribution in [3.05, 3.63) is 11.6 Å². The van der Waals surface area contributed by atoms with Gasteiger partial charge in [0.1, 0.15) is 5.88 Å². The van der Waals surface area contributed by atoms with Gasteiger partial charge in [0, 0.05) is 11.6 Å². The van der Waals surface area contributed by atoms with Crippen LogP contribution in [-0.2, 0) is 9.59 Å². The van der Waals surface area contributed by atoms with Gasteiger partial charge in [0.05, 0.1) is 6.54 Å². The minimum Gasteiger partial charge on any atom is -0.346 e. The third kappa shape index (κ3) is 3.71. The minimum absolute atomic E-state index is 0.0921. The predicted octanol–water partition coefficient (Wildman–Crippen LogP) is 0.437. The van der Waals surface area contributed by atoms with E-state index in [0.717, 1.165) is 0 Å². The number of aromatic nitrogens is 1. The van der Waals surface area contributed by atoms with Crippen molar-refractivity contribution in [3.8, 4) is 0 Å². The Labute approximate surface area is 89.5 Å². The van der Waals surface area contributed by atoms with Crippen molar-refractivity contribution in [2.75, 3.05) is 17.7 Å². The van der Waals surface area contributed by atoms with Crippen LogP contribution in [0.15, 0.2) is 11.6 Å². The fourth-order valence-corrected chi connectivity index (χ4v) is 1.31. The molecule has 0 fully saturated rings. The number of hydrogen-bond donors (Lipinski definition) is 2. The quantitative estimate of drug-likeness (QED) is 0.742. The molecule has 1 rings (SSSR count). The average molecular weight is 234 g/mol. The molecular weight excluding hydrogens is 226 g/mol. The summed E-state index contributed by atoms with van der Waals surface area (Å²) in [5.41, 5.74) is 0. The summed E-state index contributed by atoms with van der Waals surface area (Å²) in [6.45, 7) is -0.0921. The highest BCUT2D eigenvalue weighted by atomic mass is 35.5. The van der Waals surface area contributed by atoms with Crippen molar-refractivity contribution in [2.24, 2.45) is 0 Å². The van der Waals surface area contributed by atoms with Crippen LogP contribution in [0.2, 0.25) is 0 Å². The average Bonchev–Trinajstić information content (AvgIpc) is 2.66. The molecule has 5 nitrogen and oxygen atoms in total. The van der Waals surface area contributed by atoms with Crippen LogP contribution in [0.1, 0.15) is 0 Å². The SMILES string of the molecule is O=C(CCl)NCC(=O)Nc1nccs1. The highest BCUT2D eigenvalue weighted by molar-refractivity contribution is 7.13. The number of rotatable bonds is 4. The van der Waals surface area contributed by atoms with E-state index in [-0.39, 0.29) is 24.2 Å². The Morgan fingerprint density at radius 1 is 1.50 bits per heavy atom. The number of anilines is 1. The highest BCUT2D eigenvalue weighted by Gasteiger charge is 2.05. The summed E-state index contributed by atoms with van der Waals surface area (Å²) in [4.78, 5) is 25.7. The van der Waals surface area contributed by atoms with Gasteiger partial charge in [-0.2, -0.15) is 0 Å². The Balaban J connectivity index is 2.26. The Morgan fingerprint density at radius 2 is 2.29 bits per heavy atom. The number of thiazole rings is 1. The number of carbonyl (C=O) groups is 2. The van der Waals surface area contributed by atoms with Crippen LogP contribution in [0.3, 0.4) is 0 Å². The molecule has 2 amide bonds. The van der Waals surface area contributed by atoms with E-state index in [1.165, 1.54) is 11.3 Å². The lowest BCUT2D eigenvalue weighted by Gasteiger charge is -2.02. The van der Waals surface area contributed by atoms with E-state index in [9.17, 15) is 9.59 Å². The van der Waals surface area contributed by atoms with Crippen molar-refractivity contribution >= 4 is 39.9 Å². The van der Waals surface area contributed by atoms with Crippen LogP contribution in [0.5, 0.6) is 0 Å². The second-order valence-corrected chi connectivity index (χ2v) is 3.46. The monoisotopic (exact) mass is 233 g/mol. The van der Waals surface area contributed by atoms with Gasteiger partial charge in [0.15, 0.2) is 5.13 Å². The Bertz CT molecular complexity index is 315. The molecule has 76 valence electrons. The molecule has 0 radical (unpaired) electrons. The molecule has 0 saturated heterocycles. The topological polar surface area (TPSA) is 71.1 Å². The summed E-state index contributed by atoms with van der Waals surface area (Å²) in [6, 6.07) is 0. The van der Waals surface area contributed by atoms with Gasteiger partial charge < -0.3 is 10.6 Å². The normalized spacial score (nSPS) is 9.50. The largest absolute Gasteiger partial charge is 0.346 e. The molecule has 0 aliphatic carbocycles. The van der Waals surface area contributed by atoms with Gasteiger partial charge in [0.25, 0.3) is 0 Å². The summed E-state index contributed by atoms with van der Waals surface area (Å²) in [5.74, 6) is -0.843. The van der Waals surface area contributed by atoms with Crippen LogP contribution >= 0.6 is 22.9 Å². The van der Waals surface area contributed by atoms with Gasteiger partial charge in [-0.3, -0.25) is 9.59 Å². The first-order chi connectivity index (χ1) is 6.72. The maximum absolute atomic E-state index is 11.1. The van der Waals surface area contributed by atoms with E-state index < -0.39 is 0 Å². The Kier molecular flexibility index (Phi) is 4.34. The standard InChI is InChI=1S/C7H8ClN3O2S/c8-3-5(12)10-4-6(13)11-7-9-1-2-14-7/h1-2H,3-4H2,(H,10,12)(H,9,11,13). The lowest BCUT2D eigenvalue weighted by Crippen LogP contribution is -2.33. The second kappa shape index (κ2) is 5.56. The number of nitrogens with zero attached hydrogens (tertiary/aromatic N) is 1. The molecule has 0 aromatic carbocycles. The molecule has 0 spiro atoms. The molecule has 7 heteroatoms. The Hall–Kier alpha value is -1.14. The first-order valence-electron chi connectivity index (χ1n) is 3.74. The Morgan fingerprint density at radius 3 is 2.86 bits per heavy atom. The molecule has 2 N–H and O–H groups in total. The van der Waals surface area contributed by atoms with Gasteiger partial charge in [0.2, 0.25) is 11.8 Å². The first-order valence-corrected chi connectivity index (χ1v) is 5.16. The van der Waals surface area contributed by atoms with Crippen LogP contribution in [0.4, 0.5) is 5.13 Å². The van der Waals surface area contributed by atoms with Gasteiger partial charge in [-0.05, 0) is 0 Å². The molecule has 0 saturated carbocycles. The second-order valence-electron chi connectivity index (χ2n) is 2.30. The van der Waals surface area contributed by atoms with Gasteiger partial charge in [-0.15, -0.1) is 22.9 Å². The molecular formula is C7H8ClN3O2S. The zero-order chi connectivity index (χ0) is 10.4. The van der Waals surface area contributed by atoms with E-state index in [1.54, 1.807) is 11.6 Å². The third-order valence-corrected chi connectivity index (χ3v) is 2.18. The predicted molar refractivity (Wildman–Crippen MR) is 54.5 cm³/mol. The number of hydrogen-bond acceptors (Lipinski definition) is 4. The zero-order valence-electron chi connectivity index (χ0n) is 7.12. The lowest BCUT2D eigenvalue weighted by atomic mass is 10.5. The summed E-state index contributed by atoms with van der Waals surface area (Å²) in [7, 11) is 0. The molecule has 1 aromatic rings. The third-order valence-electron chi connectivity index (χ3n) is 1.25. The van der Waals surface area contributed by atoms with Crippen molar-refractivity contribution < 1.29 is 9.59 Å². The maximum atomic E-state index is 11.1. The molecule has 1 heterocycles. The fourth-order valence-electron chi connectivity index (χ4n) is 0.675. The molecule has 0 aliphatic rings. The number of halogens is 1. The minimum atomic E-state index is -0.374. The van der Waals surface area contributed by atoms with E-state index in [2.05, 4.69) is 15.6 Å². The van der Waals surface area contributed by atoms with Crippen molar-refractivity contribution in [2.45, 2.75) is 0 Å². The summed E-state index contributed by atoms with van der Waals surface area (Å²) in [5, 5.41) is 7.10. The van der Waals surface area contributed by atoms with E-state index in [1.807, 2.05) is 0 Å².